The number of likely N-dealkylation sites (N-methyl/N-ethyl adjacent to an activating group) is 1. The molecular formula is C12H13ClN4O. The van der Waals surface area contributed by atoms with Gasteiger partial charge in [0.25, 0.3) is 0 Å². The van der Waals surface area contributed by atoms with Crippen LogP contribution in [0, 0.1) is 0 Å². The Kier molecular flexibility index (Phi) is 2.70. The van der Waals surface area contributed by atoms with Crippen molar-refractivity contribution in [3.63, 3.8) is 0 Å². The number of hydrogen-bond acceptors (Lipinski definition) is 3. The highest BCUT2D eigenvalue weighted by Crippen LogP contribution is 2.28. The summed E-state index contributed by atoms with van der Waals surface area (Å²) in [6.07, 6.45) is 2.49. The zero-order valence-electron chi connectivity index (χ0n) is 10.0. The minimum Gasteiger partial charge on any atom is -0.344 e. The predicted molar refractivity (Wildman–Crippen MR) is 68.4 cm³/mol. The molecule has 0 saturated carbocycles. The van der Waals surface area contributed by atoms with Gasteiger partial charge in [0.15, 0.2) is 5.65 Å². The molecule has 18 heavy (non-hydrogen) atoms. The molecule has 1 unspecified atom stereocenters. The quantitative estimate of drug-likeness (QED) is 0.774. The number of amides is 1. The van der Waals surface area contributed by atoms with Crippen molar-refractivity contribution in [3.8, 4) is 0 Å². The minimum atomic E-state index is -0.219. The van der Waals surface area contributed by atoms with Gasteiger partial charge in [-0.1, -0.05) is 0 Å². The van der Waals surface area contributed by atoms with E-state index in [4.69, 9.17) is 11.6 Å². The molecule has 1 aliphatic heterocycles. The number of imidazole rings is 1. The van der Waals surface area contributed by atoms with E-state index in [0.717, 1.165) is 24.1 Å². The molecule has 3 heterocycles. The zero-order chi connectivity index (χ0) is 12.7. The first-order valence-corrected chi connectivity index (χ1v) is 6.38. The molecule has 0 aromatic carbocycles. The molecule has 2 aromatic rings. The van der Waals surface area contributed by atoms with Crippen molar-refractivity contribution in [2.24, 2.45) is 0 Å². The molecule has 0 spiro atoms. The van der Waals surface area contributed by atoms with E-state index < -0.39 is 0 Å². The fourth-order valence-electron chi connectivity index (χ4n) is 2.44. The lowest BCUT2D eigenvalue weighted by molar-refractivity contribution is -0.129. The molecule has 94 valence electrons. The summed E-state index contributed by atoms with van der Waals surface area (Å²) < 4.78 is 1.88. The molecule has 0 bridgehead atoms. The van der Waals surface area contributed by atoms with Gasteiger partial charge in [0.05, 0.1) is 5.88 Å². The highest BCUT2D eigenvalue weighted by molar-refractivity contribution is 6.16. The maximum atomic E-state index is 12.1. The van der Waals surface area contributed by atoms with Gasteiger partial charge in [0.1, 0.15) is 17.4 Å². The number of fused-ring (bicyclic) bond motifs is 1. The average molecular weight is 265 g/mol. The second-order valence-electron chi connectivity index (χ2n) is 4.44. The summed E-state index contributed by atoms with van der Waals surface area (Å²) in [7, 11) is 1.81. The van der Waals surface area contributed by atoms with Gasteiger partial charge in [-0.2, -0.15) is 0 Å². The smallest absolute Gasteiger partial charge is 0.245 e. The van der Waals surface area contributed by atoms with Crippen LogP contribution in [-0.2, 0) is 10.7 Å². The van der Waals surface area contributed by atoms with Gasteiger partial charge < -0.3 is 4.90 Å². The molecule has 2 aromatic heterocycles. The molecule has 3 rings (SSSR count). The van der Waals surface area contributed by atoms with Crippen LogP contribution in [0.5, 0.6) is 0 Å². The van der Waals surface area contributed by atoms with Crippen molar-refractivity contribution in [3.05, 3.63) is 24.2 Å². The van der Waals surface area contributed by atoms with Crippen LogP contribution >= 0.6 is 11.6 Å². The third-order valence-corrected chi connectivity index (χ3v) is 3.59. The fraction of sp³-hybridized carbons (Fsp3) is 0.417. The monoisotopic (exact) mass is 264 g/mol. The standard InChI is InChI=1S/C12H13ClN4O/c1-16-6-4-9(12(16)18)17-10(7-13)15-8-3-2-5-14-11(8)17/h2-3,5,9H,4,6-7H2,1H3. The van der Waals surface area contributed by atoms with Crippen LogP contribution in [0.1, 0.15) is 18.3 Å². The number of likely N-dealkylation sites (tertiary alicyclic amines) is 1. The third kappa shape index (κ3) is 1.58. The van der Waals surface area contributed by atoms with Crippen LogP contribution in [0.25, 0.3) is 11.2 Å². The van der Waals surface area contributed by atoms with Crippen LogP contribution < -0.4 is 0 Å². The summed E-state index contributed by atoms with van der Waals surface area (Å²) in [5.74, 6) is 1.09. The topological polar surface area (TPSA) is 51.0 Å². The Morgan fingerprint density at radius 1 is 1.56 bits per heavy atom. The van der Waals surface area contributed by atoms with Crippen molar-refractivity contribution in [1.82, 2.24) is 19.4 Å². The van der Waals surface area contributed by atoms with Crippen LogP contribution in [0.2, 0.25) is 0 Å². The number of hydrogen-bond donors (Lipinski definition) is 0. The Morgan fingerprint density at radius 3 is 3.06 bits per heavy atom. The zero-order valence-corrected chi connectivity index (χ0v) is 10.8. The SMILES string of the molecule is CN1CCC(n2c(CCl)nc3cccnc32)C1=O. The molecule has 1 atom stereocenters. The van der Waals surface area contributed by atoms with Crippen LogP contribution in [0.3, 0.4) is 0 Å². The number of alkyl halides is 1. The molecule has 1 aliphatic rings. The van der Waals surface area contributed by atoms with Crippen LogP contribution in [0.15, 0.2) is 18.3 Å². The predicted octanol–water partition coefficient (Wildman–Crippen LogP) is 1.57. The second-order valence-corrected chi connectivity index (χ2v) is 4.71. The van der Waals surface area contributed by atoms with Crippen molar-refractivity contribution in [2.75, 3.05) is 13.6 Å². The number of rotatable bonds is 2. The largest absolute Gasteiger partial charge is 0.344 e. The summed E-state index contributed by atoms with van der Waals surface area (Å²) in [6.45, 7) is 0.762. The summed E-state index contributed by atoms with van der Waals surface area (Å²) in [5.41, 5.74) is 1.53. The first-order valence-electron chi connectivity index (χ1n) is 5.85. The molecule has 1 amide bonds. The van der Waals surface area contributed by atoms with Gasteiger partial charge in [-0.15, -0.1) is 11.6 Å². The Bertz CT molecular complexity index is 609. The van der Waals surface area contributed by atoms with E-state index in [-0.39, 0.29) is 17.8 Å². The molecule has 0 N–H and O–H groups in total. The summed E-state index contributed by atoms with van der Waals surface area (Å²) in [5, 5.41) is 0. The first kappa shape index (κ1) is 11.5. The molecule has 1 saturated heterocycles. The summed E-state index contributed by atoms with van der Waals surface area (Å²) in [6, 6.07) is 3.50. The van der Waals surface area contributed by atoms with Crippen LogP contribution in [-0.4, -0.2) is 38.9 Å². The molecular weight excluding hydrogens is 252 g/mol. The Labute approximate surface area is 109 Å². The van der Waals surface area contributed by atoms with Crippen LogP contribution in [0.4, 0.5) is 0 Å². The number of nitrogens with zero attached hydrogens (tertiary/aromatic N) is 4. The van der Waals surface area contributed by atoms with E-state index in [9.17, 15) is 4.79 Å². The van der Waals surface area contributed by atoms with Crippen molar-refractivity contribution in [1.29, 1.82) is 0 Å². The lowest BCUT2D eigenvalue weighted by Crippen LogP contribution is -2.25. The van der Waals surface area contributed by atoms with E-state index in [2.05, 4.69) is 9.97 Å². The summed E-state index contributed by atoms with van der Waals surface area (Å²) >= 11 is 5.93. The highest BCUT2D eigenvalue weighted by atomic mass is 35.5. The normalized spacial score (nSPS) is 20.0. The van der Waals surface area contributed by atoms with Gasteiger partial charge in [0.2, 0.25) is 5.91 Å². The van der Waals surface area contributed by atoms with E-state index in [1.807, 2.05) is 23.7 Å². The van der Waals surface area contributed by atoms with Gasteiger partial charge >= 0.3 is 0 Å². The number of halogens is 1. The van der Waals surface area contributed by atoms with Crippen molar-refractivity contribution in [2.45, 2.75) is 18.3 Å². The lowest BCUT2D eigenvalue weighted by atomic mass is 10.2. The maximum absolute atomic E-state index is 12.1. The molecule has 0 radical (unpaired) electrons. The molecule has 0 aliphatic carbocycles. The highest BCUT2D eigenvalue weighted by Gasteiger charge is 2.33. The number of carbonyl (C=O) groups is 1. The second kappa shape index (κ2) is 4.24. The number of carbonyl (C=O) groups excluding carboxylic acids is 1. The van der Waals surface area contributed by atoms with Crippen molar-refractivity contribution >= 4 is 28.7 Å². The summed E-state index contributed by atoms with van der Waals surface area (Å²) in [4.78, 5) is 22.6. The van der Waals surface area contributed by atoms with Gasteiger partial charge in [0, 0.05) is 19.8 Å². The number of pyridine rings is 1. The maximum Gasteiger partial charge on any atom is 0.245 e. The van der Waals surface area contributed by atoms with Gasteiger partial charge in [-0.05, 0) is 18.6 Å². The minimum absolute atomic E-state index is 0.103. The molecule has 6 heteroatoms. The number of aromatic nitrogens is 3. The Balaban J connectivity index is 2.18. The molecule has 1 fully saturated rings. The fourth-order valence-corrected chi connectivity index (χ4v) is 2.63. The van der Waals surface area contributed by atoms with E-state index in [0.29, 0.717) is 5.82 Å². The van der Waals surface area contributed by atoms with Gasteiger partial charge in [-0.3, -0.25) is 9.36 Å². The Morgan fingerprint density at radius 2 is 2.39 bits per heavy atom. The van der Waals surface area contributed by atoms with E-state index in [1.54, 1.807) is 11.1 Å². The molecule has 5 nitrogen and oxygen atoms in total. The van der Waals surface area contributed by atoms with Crippen molar-refractivity contribution < 1.29 is 4.79 Å². The average Bonchev–Trinajstić information content (AvgIpc) is 2.91. The lowest BCUT2D eigenvalue weighted by Gasteiger charge is -2.14. The first-order chi connectivity index (χ1) is 8.72. The third-order valence-electron chi connectivity index (χ3n) is 3.35. The Hall–Kier alpha value is -1.62. The van der Waals surface area contributed by atoms with E-state index in [1.165, 1.54) is 0 Å². The van der Waals surface area contributed by atoms with E-state index >= 15 is 0 Å². The van der Waals surface area contributed by atoms with Gasteiger partial charge in [-0.25, -0.2) is 9.97 Å².